The van der Waals surface area contributed by atoms with E-state index in [4.69, 9.17) is 0 Å². The molecule has 122 valence electrons. The molecule has 0 radical (unpaired) electrons. The summed E-state index contributed by atoms with van der Waals surface area (Å²) in [5.74, 6) is 0.0869. The van der Waals surface area contributed by atoms with Gasteiger partial charge in [-0.1, -0.05) is 41.7 Å². The maximum atomic E-state index is 11.9. The molecule has 1 aromatic heterocycles. The van der Waals surface area contributed by atoms with Crippen molar-refractivity contribution in [1.82, 2.24) is 5.32 Å². The van der Waals surface area contributed by atoms with Gasteiger partial charge in [0.15, 0.2) is 0 Å². The topological polar surface area (TPSA) is 72.2 Å². The molecule has 0 aliphatic rings. The molecule has 2 aromatic rings. The highest BCUT2D eigenvalue weighted by atomic mass is 32.2. The van der Waals surface area contributed by atoms with Gasteiger partial charge in [0.1, 0.15) is 0 Å². The number of nitrogens with zero attached hydrogens (tertiary/aromatic N) is 1. The largest absolute Gasteiger partial charge is 0.353 e. The SMILES string of the molecule is CC(CCc1ccccc1)NC(=O)CSc1ccsc1[N+](=O)[O-]. The summed E-state index contributed by atoms with van der Waals surface area (Å²) in [5.41, 5.74) is 1.25. The second-order valence-corrected chi connectivity index (χ2v) is 7.04. The van der Waals surface area contributed by atoms with E-state index < -0.39 is 4.92 Å². The third kappa shape index (κ3) is 5.69. The third-order valence-corrected chi connectivity index (χ3v) is 5.29. The summed E-state index contributed by atoms with van der Waals surface area (Å²) in [6.45, 7) is 1.97. The van der Waals surface area contributed by atoms with Gasteiger partial charge in [-0.05, 0) is 36.8 Å². The Morgan fingerprint density at radius 2 is 2.09 bits per heavy atom. The van der Waals surface area contributed by atoms with Crippen LogP contribution in [0.5, 0.6) is 0 Å². The van der Waals surface area contributed by atoms with Crippen LogP contribution >= 0.6 is 23.1 Å². The number of aryl methyl sites for hydroxylation is 1. The Labute approximate surface area is 143 Å². The monoisotopic (exact) mass is 350 g/mol. The van der Waals surface area contributed by atoms with Gasteiger partial charge in [-0.3, -0.25) is 14.9 Å². The fourth-order valence-corrected chi connectivity index (χ4v) is 3.84. The van der Waals surface area contributed by atoms with Crippen LogP contribution in [-0.4, -0.2) is 22.6 Å². The molecule has 23 heavy (non-hydrogen) atoms. The fourth-order valence-electron chi connectivity index (χ4n) is 2.09. The van der Waals surface area contributed by atoms with E-state index in [2.05, 4.69) is 17.4 Å². The highest BCUT2D eigenvalue weighted by Crippen LogP contribution is 2.33. The van der Waals surface area contributed by atoms with E-state index in [1.165, 1.54) is 17.3 Å². The summed E-state index contributed by atoms with van der Waals surface area (Å²) >= 11 is 2.28. The van der Waals surface area contributed by atoms with Crippen molar-refractivity contribution in [2.24, 2.45) is 0 Å². The molecule has 1 heterocycles. The summed E-state index contributed by atoms with van der Waals surface area (Å²) in [6.07, 6.45) is 1.77. The van der Waals surface area contributed by atoms with Crippen LogP contribution in [-0.2, 0) is 11.2 Å². The number of thiophene rings is 1. The molecule has 5 nitrogen and oxygen atoms in total. The van der Waals surface area contributed by atoms with Gasteiger partial charge in [-0.25, -0.2) is 0 Å². The lowest BCUT2D eigenvalue weighted by Gasteiger charge is -2.13. The molecule has 1 atom stereocenters. The van der Waals surface area contributed by atoms with Crippen molar-refractivity contribution in [3.05, 3.63) is 57.5 Å². The van der Waals surface area contributed by atoms with Gasteiger partial charge in [-0.2, -0.15) is 0 Å². The molecule has 0 bridgehead atoms. The minimum Gasteiger partial charge on any atom is -0.353 e. The molecule has 1 amide bonds. The standard InChI is InChI=1S/C16H18N2O3S2/c1-12(7-8-13-5-3-2-4-6-13)17-15(19)11-23-14-9-10-22-16(14)18(20)21/h2-6,9-10,12H,7-8,11H2,1H3,(H,17,19). The van der Waals surface area contributed by atoms with Crippen molar-refractivity contribution >= 4 is 34.0 Å². The van der Waals surface area contributed by atoms with Crippen LogP contribution < -0.4 is 5.32 Å². The second-order valence-electron chi connectivity index (χ2n) is 5.13. The summed E-state index contributed by atoms with van der Waals surface area (Å²) in [6, 6.07) is 11.9. The van der Waals surface area contributed by atoms with E-state index in [0.717, 1.165) is 24.2 Å². The van der Waals surface area contributed by atoms with E-state index in [1.54, 1.807) is 11.4 Å². The van der Waals surface area contributed by atoms with Gasteiger partial charge in [0.25, 0.3) is 0 Å². The maximum absolute atomic E-state index is 11.9. The highest BCUT2D eigenvalue weighted by Gasteiger charge is 2.17. The van der Waals surface area contributed by atoms with Gasteiger partial charge in [0, 0.05) is 6.04 Å². The van der Waals surface area contributed by atoms with Crippen molar-refractivity contribution in [2.75, 3.05) is 5.75 Å². The molecule has 7 heteroatoms. The fraction of sp³-hybridized carbons (Fsp3) is 0.312. The molecule has 1 aromatic carbocycles. The Bertz CT molecular complexity index is 658. The molecule has 0 saturated carbocycles. The number of carbonyl (C=O) groups is 1. The lowest BCUT2D eigenvalue weighted by molar-refractivity contribution is -0.382. The number of thioether (sulfide) groups is 1. The number of hydrogen-bond acceptors (Lipinski definition) is 5. The highest BCUT2D eigenvalue weighted by molar-refractivity contribution is 8.00. The molecule has 1 N–H and O–H groups in total. The zero-order valence-corrected chi connectivity index (χ0v) is 14.4. The summed E-state index contributed by atoms with van der Waals surface area (Å²) in [7, 11) is 0. The summed E-state index contributed by atoms with van der Waals surface area (Å²) < 4.78 is 0. The zero-order valence-electron chi connectivity index (χ0n) is 12.7. The number of benzene rings is 1. The molecule has 0 fully saturated rings. The first-order valence-corrected chi connectivity index (χ1v) is 9.10. The molecule has 0 saturated heterocycles. The second kappa shape index (κ2) is 8.69. The minimum atomic E-state index is -0.409. The predicted octanol–water partition coefficient (Wildman–Crippen LogP) is 3.89. The van der Waals surface area contributed by atoms with E-state index in [0.29, 0.717) is 4.90 Å². The van der Waals surface area contributed by atoms with Crippen molar-refractivity contribution < 1.29 is 9.72 Å². The number of rotatable bonds is 8. The molecule has 0 spiro atoms. The van der Waals surface area contributed by atoms with E-state index in [-0.39, 0.29) is 22.7 Å². The predicted molar refractivity (Wildman–Crippen MR) is 94.1 cm³/mol. The quantitative estimate of drug-likeness (QED) is 0.445. The van der Waals surface area contributed by atoms with Gasteiger partial charge in [0.05, 0.1) is 15.6 Å². The maximum Gasteiger partial charge on any atom is 0.337 e. The Morgan fingerprint density at radius 1 is 1.35 bits per heavy atom. The number of carbonyl (C=O) groups excluding carboxylic acids is 1. The molecule has 1 unspecified atom stereocenters. The zero-order chi connectivity index (χ0) is 16.7. The van der Waals surface area contributed by atoms with E-state index in [1.807, 2.05) is 25.1 Å². The van der Waals surface area contributed by atoms with Crippen molar-refractivity contribution in [3.63, 3.8) is 0 Å². The first-order chi connectivity index (χ1) is 11.1. The van der Waals surface area contributed by atoms with Crippen LogP contribution in [0, 0.1) is 10.1 Å². The van der Waals surface area contributed by atoms with Gasteiger partial charge in [0.2, 0.25) is 5.91 Å². The van der Waals surface area contributed by atoms with Crippen LogP contribution in [0.3, 0.4) is 0 Å². The lowest BCUT2D eigenvalue weighted by atomic mass is 10.1. The van der Waals surface area contributed by atoms with Crippen LogP contribution in [0.25, 0.3) is 0 Å². The third-order valence-electron chi connectivity index (χ3n) is 3.25. The first-order valence-electron chi connectivity index (χ1n) is 7.24. The van der Waals surface area contributed by atoms with Crippen LogP contribution in [0.4, 0.5) is 5.00 Å². The van der Waals surface area contributed by atoms with Gasteiger partial charge >= 0.3 is 5.00 Å². The average Bonchev–Trinajstić information content (AvgIpc) is 3.01. The smallest absolute Gasteiger partial charge is 0.337 e. The molecule has 2 rings (SSSR count). The molecular formula is C16H18N2O3S2. The minimum absolute atomic E-state index is 0.0702. The molecule has 0 aliphatic carbocycles. The van der Waals surface area contributed by atoms with Crippen LogP contribution in [0.15, 0.2) is 46.7 Å². The normalized spacial score (nSPS) is 11.9. The molecular weight excluding hydrogens is 332 g/mol. The Balaban J connectivity index is 1.73. The Hall–Kier alpha value is -1.86. The Morgan fingerprint density at radius 3 is 2.78 bits per heavy atom. The van der Waals surface area contributed by atoms with E-state index in [9.17, 15) is 14.9 Å². The Kier molecular flexibility index (Phi) is 6.61. The number of nitrogens with one attached hydrogen (secondary N) is 1. The van der Waals surface area contributed by atoms with Gasteiger partial charge < -0.3 is 5.32 Å². The van der Waals surface area contributed by atoms with Crippen LogP contribution in [0.1, 0.15) is 18.9 Å². The van der Waals surface area contributed by atoms with Crippen molar-refractivity contribution in [2.45, 2.75) is 30.7 Å². The van der Waals surface area contributed by atoms with Crippen molar-refractivity contribution in [1.29, 1.82) is 0 Å². The summed E-state index contributed by atoms with van der Waals surface area (Å²) in [5, 5.41) is 15.5. The summed E-state index contributed by atoms with van der Waals surface area (Å²) in [4.78, 5) is 22.9. The number of hydrogen-bond donors (Lipinski definition) is 1. The lowest BCUT2D eigenvalue weighted by Crippen LogP contribution is -2.34. The number of nitro groups is 1. The van der Waals surface area contributed by atoms with Crippen molar-refractivity contribution in [3.8, 4) is 0 Å². The number of amides is 1. The van der Waals surface area contributed by atoms with Gasteiger partial charge in [-0.15, -0.1) is 11.8 Å². The molecule has 0 aliphatic heterocycles. The first kappa shape index (κ1) is 17.5. The van der Waals surface area contributed by atoms with E-state index >= 15 is 0 Å². The average molecular weight is 350 g/mol. The van der Waals surface area contributed by atoms with Crippen LogP contribution in [0.2, 0.25) is 0 Å².